The van der Waals surface area contributed by atoms with Crippen molar-refractivity contribution < 1.29 is 9.21 Å². The Hall–Kier alpha value is -2.15. The SMILES string of the molecule is CN(C(N)=O)c1ncc(C=Cc2ncc(C(C)(C)C)o2)s1. The number of hydrogen-bond acceptors (Lipinski definition) is 5. The Bertz CT molecular complexity index is 667. The number of aromatic nitrogens is 2. The minimum absolute atomic E-state index is 0.0685. The first kappa shape index (κ1) is 15.2. The van der Waals surface area contributed by atoms with E-state index < -0.39 is 6.03 Å². The number of carbonyl (C=O) groups is 1. The molecule has 2 N–H and O–H groups in total. The summed E-state index contributed by atoms with van der Waals surface area (Å²) in [5.74, 6) is 1.37. The van der Waals surface area contributed by atoms with E-state index in [1.54, 1.807) is 25.5 Å². The number of primary amides is 1. The summed E-state index contributed by atoms with van der Waals surface area (Å²) in [6.07, 6.45) is 7.02. The van der Waals surface area contributed by atoms with Crippen LogP contribution in [-0.2, 0) is 5.41 Å². The molecule has 0 aromatic carbocycles. The van der Waals surface area contributed by atoms with E-state index in [9.17, 15) is 4.79 Å². The number of rotatable bonds is 3. The highest BCUT2D eigenvalue weighted by Crippen LogP contribution is 2.25. The maximum absolute atomic E-state index is 11.1. The maximum atomic E-state index is 11.1. The summed E-state index contributed by atoms with van der Waals surface area (Å²) >= 11 is 1.36. The van der Waals surface area contributed by atoms with Crippen LogP contribution in [0.25, 0.3) is 12.2 Å². The molecule has 0 aliphatic rings. The molecule has 0 aliphatic heterocycles. The highest BCUT2D eigenvalue weighted by atomic mass is 32.1. The van der Waals surface area contributed by atoms with Crippen molar-refractivity contribution in [1.82, 2.24) is 9.97 Å². The lowest BCUT2D eigenvalue weighted by atomic mass is 9.94. The van der Waals surface area contributed by atoms with Crippen LogP contribution in [0.1, 0.15) is 37.3 Å². The van der Waals surface area contributed by atoms with Crippen molar-refractivity contribution in [2.45, 2.75) is 26.2 Å². The van der Waals surface area contributed by atoms with Crippen LogP contribution in [0.2, 0.25) is 0 Å². The molecule has 2 aromatic heterocycles. The Labute approximate surface area is 127 Å². The van der Waals surface area contributed by atoms with Crippen molar-refractivity contribution in [3.63, 3.8) is 0 Å². The third-order valence-corrected chi connectivity index (χ3v) is 3.82. The largest absolute Gasteiger partial charge is 0.441 e. The molecular formula is C14H18N4O2S. The average Bonchev–Trinajstić information content (AvgIpc) is 3.03. The number of urea groups is 1. The van der Waals surface area contributed by atoms with Crippen LogP contribution in [0.15, 0.2) is 16.8 Å². The molecule has 0 fully saturated rings. The van der Waals surface area contributed by atoms with Gasteiger partial charge in [0.25, 0.3) is 0 Å². The van der Waals surface area contributed by atoms with Crippen LogP contribution in [0.4, 0.5) is 9.93 Å². The molecule has 21 heavy (non-hydrogen) atoms. The standard InChI is InChI=1S/C14H18N4O2S/c1-14(2,3)10-8-16-11(20-10)6-5-9-7-17-13(21-9)18(4)12(15)19/h5-8H,1-4H3,(H2,15,19). The molecule has 112 valence electrons. The third-order valence-electron chi connectivity index (χ3n) is 2.78. The lowest BCUT2D eigenvalue weighted by Crippen LogP contribution is -2.31. The molecule has 0 saturated heterocycles. The molecule has 2 aromatic rings. The zero-order valence-corrected chi connectivity index (χ0v) is 13.3. The van der Waals surface area contributed by atoms with Gasteiger partial charge in [-0.05, 0) is 6.08 Å². The lowest BCUT2D eigenvalue weighted by Gasteiger charge is -2.12. The summed E-state index contributed by atoms with van der Waals surface area (Å²) in [6, 6.07) is -0.539. The van der Waals surface area contributed by atoms with Gasteiger partial charge in [-0.2, -0.15) is 0 Å². The van der Waals surface area contributed by atoms with E-state index in [2.05, 4.69) is 30.7 Å². The van der Waals surface area contributed by atoms with Gasteiger partial charge >= 0.3 is 6.03 Å². The van der Waals surface area contributed by atoms with E-state index in [0.717, 1.165) is 10.6 Å². The second kappa shape index (κ2) is 5.69. The first-order chi connectivity index (χ1) is 9.77. The van der Waals surface area contributed by atoms with Crippen LogP contribution in [0.3, 0.4) is 0 Å². The number of thiazole rings is 1. The monoisotopic (exact) mass is 306 g/mol. The molecule has 2 rings (SSSR count). The first-order valence-electron chi connectivity index (χ1n) is 6.41. The summed E-state index contributed by atoms with van der Waals surface area (Å²) in [4.78, 5) is 21.6. The number of anilines is 1. The van der Waals surface area contributed by atoms with Crippen LogP contribution in [-0.4, -0.2) is 23.0 Å². The number of amides is 2. The number of nitrogens with two attached hydrogens (primary N) is 1. The summed E-state index contributed by atoms with van der Waals surface area (Å²) in [6.45, 7) is 6.20. The van der Waals surface area contributed by atoms with E-state index in [-0.39, 0.29) is 5.41 Å². The van der Waals surface area contributed by atoms with Crippen molar-refractivity contribution >= 4 is 34.7 Å². The van der Waals surface area contributed by atoms with Crippen molar-refractivity contribution in [2.75, 3.05) is 11.9 Å². The van der Waals surface area contributed by atoms with Gasteiger partial charge in [-0.3, -0.25) is 4.90 Å². The predicted molar refractivity (Wildman–Crippen MR) is 84.2 cm³/mol. The summed E-state index contributed by atoms with van der Waals surface area (Å²) in [7, 11) is 1.58. The topological polar surface area (TPSA) is 85.2 Å². The predicted octanol–water partition coefficient (Wildman–Crippen LogP) is 3.11. The van der Waals surface area contributed by atoms with E-state index in [1.807, 2.05) is 6.08 Å². The molecule has 0 spiro atoms. The highest BCUT2D eigenvalue weighted by Gasteiger charge is 2.18. The Kier molecular flexibility index (Phi) is 4.13. The van der Waals surface area contributed by atoms with Gasteiger partial charge in [0.1, 0.15) is 5.76 Å². The van der Waals surface area contributed by atoms with Crippen molar-refractivity contribution in [2.24, 2.45) is 5.73 Å². The molecular weight excluding hydrogens is 288 g/mol. The number of oxazole rings is 1. The van der Waals surface area contributed by atoms with Gasteiger partial charge in [-0.15, -0.1) is 0 Å². The highest BCUT2D eigenvalue weighted by molar-refractivity contribution is 7.16. The Morgan fingerprint density at radius 3 is 2.62 bits per heavy atom. The summed E-state index contributed by atoms with van der Waals surface area (Å²) in [5, 5.41) is 0.546. The maximum Gasteiger partial charge on any atom is 0.320 e. The van der Waals surface area contributed by atoms with Crippen molar-refractivity contribution in [1.29, 1.82) is 0 Å². The lowest BCUT2D eigenvalue weighted by molar-refractivity contribution is 0.255. The van der Waals surface area contributed by atoms with Crippen LogP contribution < -0.4 is 10.6 Å². The average molecular weight is 306 g/mol. The van der Waals surface area contributed by atoms with E-state index in [0.29, 0.717) is 11.0 Å². The second-order valence-electron chi connectivity index (χ2n) is 5.59. The fraction of sp³-hybridized carbons (Fsp3) is 0.357. The number of nitrogens with zero attached hydrogens (tertiary/aromatic N) is 3. The number of hydrogen-bond donors (Lipinski definition) is 1. The summed E-state index contributed by atoms with van der Waals surface area (Å²) < 4.78 is 5.66. The smallest absolute Gasteiger partial charge is 0.320 e. The van der Waals surface area contributed by atoms with E-state index in [4.69, 9.17) is 10.2 Å². The van der Waals surface area contributed by atoms with Crippen molar-refractivity contribution in [3.05, 3.63) is 28.9 Å². The fourth-order valence-corrected chi connectivity index (χ4v) is 2.25. The van der Waals surface area contributed by atoms with Gasteiger partial charge in [0.05, 0.1) is 6.20 Å². The summed E-state index contributed by atoms with van der Waals surface area (Å²) in [5.41, 5.74) is 5.13. The zero-order valence-electron chi connectivity index (χ0n) is 12.5. The Morgan fingerprint density at radius 2 is 2.05 bits per heavy atom. The van der Waals surface area contributed by atoms with Crippen LogP contribution in [0.5, 0.6) is 0 Å². The first-order valence-corrected chi connectivity index (χ1v) is 7.22. The quantitative estimate of drug-likeness (QED) is 0.944. The normalized spacial score (nSPS) is 12.0. The molecule has 0 atom stereocenters. The Morgan fingerprint density at radius 1 is 1.33 bits per heavy atom. The van der Waals surface area contributed by atoms with Crippen molar-refractivity contribution in [3.8, 4) is 0 Å². The molecule has 6 nitrogen and oxygen atoms in total. The van der Waals surface area contributed by atoms with Gasteiger partial charge < -0.3 is 10.2 Å². The second-order valence-corrected chi connectivity index (χ2v) is 6.63. The van der Waals surface area contributed by atoms with Gasteiger partial charge in [0.15, 0.2) is 5.13 Å². The number of carbonyl (C=O) groups excluding carboxylic acids is 1. The van der Waals surface area contributed by atoms with Crippen LogP contribution in [0, 0.1) is 0 Å². The molecule has 0 aliphatic carbocycles. The molecule has 2 heterocycles. The zero-order chi connectivity index (χ0) is 15.6. The minimum Gasteiger partial charge on any atom is -0.441 e. The fourth-order valence-electron chi connectivity index (χ4n) is 1.47. The Balaban J connectivity index is 2.11. The molecule has 0 unspecified atom stereocenters. The molecule has 7 heteroatoms. The molecule has 2 amide bonds. The third kappa shape index (κ3) is 3.69. The molecule has 0 saturated carbocycles. The molecule has 0 bridgehead atoms. The van der Waals surface area contributed by atoms with Gasteiger partial charge in [0, 0.05) is 29.6 Å². The minimum atomic E-state index is -0.539. The van der Waals surface area contributed by atoms with Crippen LogP contribution >= 0.6 is 11.3 Å². The van der Waals surface area contributed by atoms with E-state index >= 15 is 0 Å². The van der Waals surface area contributed by atoms with Gasteiger partial charge in [-0.25, -0.2) is 14.8 Å². The van der Waals surface area contributed by atoms with E-state index in [1.165, 1.54) is 16.2 Å². The van der Waals surface area contributed by atoms with Gasteiger partial charge in [-0.1, -0.05) is 32.1 Å². The van der Waals surface area contributed by atoms with Gasteiger partial charge in [0.2, 0.25) is 5.89 Å². The molecule has 0 radical (unpaired) electrons.